The van der Waals surface area contributed by atoms with Crippen molar-refractivity contribution in [1.29, 1.82) is 0 Å². The van der Waals surface area contributed by atoms with E-state index in [1.165, 1.54) is 0 Å². The Morgan fingerprint density at radius 2 is 1.64 bits per heavy atom. The van der Waals surface area contributed by atoms with Crippen LogP contribution in [0.1, 0.15) is 65.9 Å². The molecule has 6 nitrogen and oxygen atoms in total. The van der Waals surface area contributed by atoms with Gasteiger partial charge in [-0.05, 0) is 38.7 Å². The zero-order chi connectivity index (χ0) is 20.9. The average Bonchev–Trinajstić information content (AvgIpc) is 2.93. The Morgan fingerprint density at radius 1 is 1.07 bits per heavy atom. The second-order valence-electron chi connectivity index (χ2n) is 7.66. The molecule has 0 spiro atoms. The van der Waals surface area contributed by atoms with E-state index < -0.39 is 11.6 Å². The van der Waals surface area contributed by atoms with Crippen LogP contribution in [-0.2, 0) is 15.1 Å². The minimum Gasteiger partial charge on any atom is -0.336 e. The van der Waals surface area contributed by atoms with Gasteiger partial charge >= 0.3 is 6.03 Å². The standard InChI is InChI=1S/C22H33N3O3/c1-6-14-22(18-12-10-9-11-13-18)20(27)24(21(28)23-22)15-19(26)25(16(4)7-2)17(5)8-3/h9-13,16-17H,6-8,14-15H2,1-5H3,(H,23,28)/t16-,17-,22+/m0/s1. The highest BCUT2D eigenvalue weighted by Crippen LogP contribution is 2.33. The van der Waals surface area contributed by atoms with Gasteiger partial charge in [0.15, 0.2) is 0 Å². The molecule has 1 N–H and O–H groups in total. The van der Waals surface area contributed by atoms with Gasteiger partial charge in [0.25, 0.3) is 5.91 Å². The van der Waals surface area contributed by atoms with Crippen molar-refractivity contribution in [3.05, 3.63) is 35.9 Å². The summed E-state index contributed by atoms with van der Waals surface area (Å²) in [5.41, 5.74) is -0.337. The molecule has 0 radical (unpaired) electrons. The van der Waals surface area contributed by atoms with E-state index in [2.05, 4.69) is 5.32 Å². The van der Waals surface area contributed by atoms with E-state index in [0.29, 0.717) is 6.42 Å². The molecule has 154 valence electrons. The van der Waals surface area contributed by atoms with Crippen molar-refractivity contribution < 1.29 is 14.4 Å². The Balaban J connectivity index is 2.30. The van der Waals surface area contributed by atoms with Crippen molar-refractivity contribution in [3.63, 3.8) is 0 Å². The summed E-state index contributed by atoms with van der Waals surface area (Å²) in [4.78, 5) is 42.0. The highest BCUT2D eigenvalue weighted by molar-refractivity contribution is 6.09. The second kappa shape index (κ2) is 9.22. The van der Waals surface area contributed by atoms with Crippen LogP contribution in [0.15, 0.2) is 30.3 Å². The fourth-order valence-corrected chi connectivity index (χ4v) is 3.91. The van der Waals surface area contributed by atoms with Crippen molar-refractivity contribution >= 4 is 17.8 Å². The fraction of sp³-hybridized carbons (Fsp3) is 0.591. The number of urea groups is 1. The first-order chi connectivity index (χ1) is 13.3. The minimum absolute atomic E-state index is 0.0535. The van der Waals surface area contributed by atoms with Gasteiger partial charge in [0.05, 0.1) is 0 Å². The van der Waals surface area contributed by atoms with Crippen LogP contribution in [0.4, 0.5) is 4.79 Å². The molecule has 0 aromatic heterocycles. The van der Waals surface area contributed by atoms with E-state index in [-0.39, 0.29) is 30.4 Å². The van der Waals surface area contributed by atoms with Gasteiger partial charge in [0.1, 0.15) is 12.1 Å². The van der Waals surface area contributed by atoms with E-state index in [9.17, 15) is 14.4 Å². The third-order valence-corrected chi connectivity index (χ3v) is 5.78. The maximum Gasteiger partial charge on any atom is 0.325 e. The molecule has 3 atom stereocenters. The summed E-state index contributed by atoms with van der Waals surface area (Å²) in [7, 11) is 0. The monoisotopic (exact) mass is 387 g/mol. The van der Waals surface area contributed by atoms with Gasteiger partial charge in [-0.25, -0.2) is 4.79 Å². The number of nitrogens with one attached hydrogen (secondary N) is 1. The number of imide groups is 1. The summed E-state index contributed by atoms with van der Waals surface area (Å²) in [5.74, 6) is -0.528. The molecule has 1 aromatic rings. The summed E-state index contributed by atoms with van der Waals surface area (Å²) in [6.45, 7) is 9.82. The number of carbonyl (C=O) groups is 3. The topological polar surface area (TPSA) is 69.7 Å². The van der Waals surface area contributed by atoms with E-state index in [4.69, 9.17) is 0 Å². The molecule has 1 saturated heterocycles. The fourth-order valence-electron chi connectivity index (χ4n) is 3.91. The molecule has 2 rings (SSSR count). The summed E-state index contributed by atoms with van der Waals surface area (Å²) in [6.07, 6.45) is 2.86. The maximum absolute atomic E-state index is 13.3. The van der Waals surface area contributed by atoms with Gasteiger partial charge in [-0.3, -0.25) is 14.5 Å². The zero-order valence-electron chi connectivity index (χ0n) is 17.7. The van der Waals surface area contributed by atoms with Crippen LogP contribution in [0.3, 0.4) is 0 Å². The Hall–Kier alpha value is -2.37. The second-order valence-corrected chi connectivity index (χ2v) is 7.66. The highest BCUT2D eigenvalue weighted by Gasteiger charge is 2.52. The largest absolute Gasteiger partial charge is 0.336 e. The molecule has 0 saturated carbocycles. The molecule has 6 heteroatoms. The van der Waals surface area contributed by atoms with Crippen LogP contribution >= 0.6 is 0 Å². The van der Waals surface area contributed by atoms with Gasteiger partial charge < -0.3 is 10.2 Å². The lowest BCUT2D eigenvalue weighted by Crippen LogP contribution is -2.50. The molecule has 0 unspecified atom stereocenters. The number of benzene rings is 1. The molecular weight excluding hydrogens is 354 g/mol. The molecule has 1 aliphatic heterocycles. The van der Waals surface area contributed by atoms with Gasteiger partial charge in [0.2, 0.25) is 5.91 Å². The maximum atomic E-state index is 13.3. The minimum atomic E-state index is -1.09. The Bertz CT molecular complexity index is 696. The number of hydrogen-bond acceptors (Lipinski definition) is 3. The van der Waals surface area contributed by atoms with Crippen molar-refractivity contribution in [2.24, 2.45) is 0 Å². The first-order valence-corrected chi connectivity index (χ1v) is 10.3. The SMILES string of the molecule is CCC[C@]1(c2ccccc2)NC(=O)N(CC(=O)N([C@@H](C)CC)[C@@H](C)CC)C1=O. The van der Waals surface area contributed by atoms with E-state index in [1.54, 1.807) is 0 Å². The summed E-state index contributed by atoms with van der Waals surface area (Å²) >= 11 is 0. The lowest BCUT2D eigenvalue weighted by molar-refractivity contribution is -0.142. The van der Waals surface area contributed by atoms with E-state index in [1.807, 2.05) is 69.9 Å². The molecule has 1 fully saturated rings. The smallest absolute Gasteiger partial charge is 0.325 e. The predicted octanol–water partition coefficient (Wildman–Crippen LogP) is 3.66. The quantitative estimate of drug-likeness (QED) is 0.658. The molecule has 0 aliphatic carbocycles. The van der Waals surface area contributed by atoms with Crippen molar-refractivity contribution in [1.82, 2.24) is 15.1 Å². The van der Waals surface area contributed by atoms with Crippen LogP contribution in [0.5, 0.6) is 0 Å². The van der Waals surface area contributed by atoms with E-state index in [0.717, 1.165) is 29.7 Å². The van der Waals surface area contributed by atoms with Gasteiger partial charge in [-0.1, -0.05) is 57.5 Å². The first kappa shape index (κ1) is 21.9. The first-order valence-electron chi connectivity index (χ1n) is 10.3. The molecule has 4 amide bonds. The van der Waals surface area contributed by atoms with E-state index >= 15 is 0 Å². The summed E-state index contributed by atoms with van der Waals surface area (Å²) < 4.78 is 0. The van der Waals surface area contributed by atoms with Crippen molar-refractivity contribution in [3.8, 4) is 0 Å². The van der Waals surface area contributed by atoms with Gasteiger partial charge in [0, 0.05) is 12.1 Å². The van der Waals surface area contributed by atoms with Crippen LogP contribution in [0.25, 0.3) is 0 Å². The molecular formula is C22H33N3O3. The van der Waals surface area contributed by atoms with Crippen LogP contribution in [0.2, 0.25) is 0 Å². The number of hydrogen-bond donors (Lipinski definition) is 1. The molecule has 1 heterocycles. The lowest BCUT2D eigenvalue weighted by atomic mass is 9.85. The number of amides is 4. The molecule has 28 heavy (non-hydrogen) atoms. The van der Waals surface area contributed by atoms with Crippen molar-refractivity contribution in [2.75, 3.05) is 6.54 Å². The number of carbonyl (C=O) groups excluding carboxylic acids is 3. The number of rotatable bonds is 9. The zero-order valence-corrected chi connectivity index (χ0v) is 17.7. The van der Waals surface area contributed by atoms with Crippen LogP contribution in [-0.4, -0.2) is 46.3 Å². The Morgan fingerprint density at radius 3 is 2.14 bits per heavy atom. The van der Waals surface area contributed by atoms with Gasteiger partial charge in [-0.2, -0.15) is 0 Å². The normalized spacial score (nSPS) is 21.4. The molecule has 0 bridgehead atoms. The third kappa shape index (κ3) is 4.05. The third-order valence-electron chi connectivity index (χ3n) is 5.78. The lowest BCUT2D eigenvalue weighted by Gasteiger charge is -2.35. The predicted molar refractivity (Wildman–Crippen MR) is 110 cm³/mol. The van der Waals surface area contributed by atoms with Crippen LogP contribution < -0.4 is 5.32 Å². The van der Waals surface area contributed by atoms with Crippen LogP contribution in [0, 0.1) is 0 Å². The summed E-state index contributed by atoms with van der Waals surface area (Å²) in [5, 5.41) is 2.88. The van der Waals surface area contributed by atoms with Crippen molar-refractivity contribution in [2.45, 2.75) is 77.9 Å². The average molecular weight is 388 g/mol. The molecule has 1 aliphatic rings. The number of nitrogens with zero attached hydrogens (tertiary/aromatic N) is 2. The Labute approximate surface area is 168 Å². The van der Waals surface area contributed by atoms with Gasteiger partial charge in [-0.15, -0.1) is 0 Å². The Kier molecular flexibility index (Phi) is 7.22. The highest BCUT2D eigenvalue weighted by atomic mass is 16.2. The summed E-state index contributed by atoms with van der Waals surface area (Å²) in [6, 6.07) is 8.90. The molecule has 1 aromatic carbocycles.